The summed E-state index contributed by atoms with van der Waals surface area (Å²) < 4.78 is 5.28. The van der Waals surface area contributed by atoms with Gasteiger partial charge in [0.1, 0.15) is 18.4 Å². The maximum absolute atomic E-state index is 11.7. The van der Waals surface area contributed by atoms with Gasteiger partial charge in [-0.1, -0.05) is 37.3 Å². The molecule has 0 bridgehead atoms. The van der Waals surface area contributed by atoms with Crippen molar-refractivity contribution in [1.29, 1.82) is 0 Å². The zero-order chi connectivity index (χ0) is 16.4. The molecule has 0 unspecified atom stereocenters. The van der Waals surface area contributed by atoms with Gasteiger partial charge in [-0.3, -0.25) is 14.4 Å². The molecule has 1 aromatic carbocycles. The molecular weight excluding hydrogens is 284 g/mol. The highest BCUT2D eigenvalue weighted by Crippen LogP contribution is 2.02. The van der Waals surface area contributed by atoms with Crippen LogP contribution in [0.5, 0.6) is 0 Å². The summed E-state index contributed by atoms with van der Waals surface area (Å²) in [7, 11) is 0. The van der Waals surface area contributed by atoms with Crippen molar-refractivity contribution in [3.63, 3.8) is 0 Å². The minimum absolute atomic E-state index is 0.0285. The molecule has 6 nitrogen and oxygen atoms in total. The maximum Gasteiger partial charge on any atom is 0.246 e. The summed E-state index contributed by atoms with van der Waals surface area (Å²) in [5, 5.41) is 2.49. The average Bonchev–Trinajstić information content (AvgIpc) is 2.51. The topological polar surface area (TPSA) is 98.5 Å². The summed E-state index contributed by atoms with van der Waals surface area (Å²) >= 11 is 0. The van der Waals surface area contributed by atoms with Crippen LogP contribution in [-0.4, -0.2) is 30.2 Å². The van der Waals surface area contributed by atoms with Gasteiger partial charge in [-0.15, -0.1) is 0 Å². The van der Waals surface area contributed by atoms with E-state index in [9.17, 15) is 14.4 Å². The van der Waals surface area contributed by atoms with Gasteiger partial charge in [0.2, 0.25) is 11.8 Å². The molecule has 0 saturated carbocycles. The molecule has 0 fully saturated rings. The van der Waals surface area contributed by atoms with Crippen molar-refractivity contribution in [3.05, 3.63) is 35.9 Å². The fourth-order valence-electron chi connectivity index (χ4n) is 1.84. The van der Waals surface area contributed by atoms with E-state index in [0.29, 0.717) is 13.0 Å². The predicted octanol–water partition coefficient (Wildman–Crippen LogP) is 0.933. The van der Waals surface area contributed by atoms with Gasteiger partial charge in [-0.05, 0) is 12.0 Å². The molecule has 6 heteroatoms. The first-order chi connectivity index (χ1) is 10.5. The van der Waals surface area contributed by atoms with E-state index in [4.69, 9.17) is 10.5 Å². The third-order valence-corrected chi connectivity index (χ3v) is 3.13. The molecule has 0 radical (unpaired) electrons. The number of carbonyl (C=O) groups is 3. The Labute approximate surface area is 130 Å². The van der Waals surface area contributed by atoms with Crippen LogP contribution in [0.15, 0.2) is 30.3 Å². The summed E-state index contributed by atoms with van der Waals surface area (Å²) in [6.07, 6.45) is 0.835. The van der Waals surface area contributed by atoms with Crippen LogP contribution in [0.2, 0.25) is 0 Å². The average molecular weight is 306 g/mol. The molecule has 22 heavy (non-hydrogen) atoms. The van der Waals surface area contributed by atoms with Crippen molar-refractivity contribution in [2.45, 2.75) is 38.8 Å². The summed E-state index contributed by atoms with van der Waals surface area (Å²) in [5.41, 5.74) is 6.18. The number of Topliss-reactive ketones (excluding diaryl/α,β-unsaturated/α-hetero) is 1. The zero-order valence-electron chi connectivity index (χ0n) is 12.7. The monoisotopic (exact) mass is 306 g/mol. The van der Waals surface area contributed by atoms with Crippen LogP contribution < -0.4 is 11.1 Å². The van der Waals surface area contributed by atoms with E-state index < -0.39 is 17.9 Å². The van der Waals surface area contributed by atoms with Crippen LogP contribution in [0.3, 0.4) is 0 Å². The minimum Gasteiger partial charge on any atom is -0.368 e. The third kappa shape index (κ3) is 6.99. The molecular formula is C16H22N2O4. The van der Waals surface area contributed by atoms with E-state index in [0.717, 1.165) is 5.56 Å². The molecule has 0 saturated heterocycles. The van der Waals surface area contributed by atoms with Gasteiger partial charge in [0.15, 0.2) is 0 Å². The number of hydrogen-bond donors (Lipinski definition) is 2. The number of primary amides is 1. The van der Waals surface area contributed by atoms with Crippen molar-refractivity contribution >= 4 is 17.6 Å². The van der Waals surface area contributed by atoms with Crippen LogP contribution in [0, 0.1) is 0 Å². The Morgan fingerprint density at radius 3 is 2.50 bits per heavy atom. The number of amides is 2. The Morgan fingerprint density at radius 1 is 1.23 bits per heavy atom. The van der Waals surface area contributed by atoms with E-state index in [2.05, 4.69) is 5.32 Å². The standard InChI is InChI=1S/C16H22N2O4/c1-2-13(19)8-9-14(16(17)21)18-15(20)11-22-10-12-6-4-3-5-7-12/h3-7,14H,2,8-11H2,1H3,(H2,17,21)(H,18,20)/t14-/m1/s1. The number of ether oxygens (including phenoxy) is 1. The van der Waals surface area contributed by atoms with Gasteiger partial charge in [-0.25, -0.2) is 0 Å². The van der Waals surface area contributed by atoms with E-state index >= 15 is 0 Å². The van der Waals surface area contributed by atoms with Gasteiger partial charge in [0, 0.05) is 12.8 Å². The summed E-state index contributed by atoms with van der Waals surface area (Å²) in [5.74, 6) is -1.05. The quantitative estimate of drug-likeness (QED) is 0.672. The molecule has 0 aliphatic heterocycles. The molecule has 2 amide bonds. The van der Waals surface area contributed by atoms with E-state index in [-0.39, 0.29) is 25.2 Å². The van der Waals surface area contributed by atoms with Crippen LogP contribution in [0.1, 0.15) is 31.7 Å². The SMILES string of the molecule is CCC(=O)CC[C@@H](NC(=O)COCc1ccccc1)C(N)=O. The van der Waals surface area contributed by atoms with Crippen molar-refractivity contribution in [1.82, 2.24) is 5.32 Å². The van der Waals surface area contributed by atoms with Crippen molar-refractivity contribution < 1.29 is 19.1 Å². The lowest BCUT2D eigenvalue weighted by molar-refractivity contribution is -0.131. The van der Waals surface area contributed by atoms with E-state index in [1.807, 2.05) is 30.3 Å². The lowest BCUT2D eigenvalue weighted by Gasteiger charge is -2.15. The first-order valence-electron chi connectivity index (χ1n) is 7.25. The van der Waals surface area contributed by atoms with E-state index in [1.54, 1.807) is 6.92 Å². The number of nitrogens with two attached hydrogens (primary N) is 1. The summed E-state index contributed by atoms with van der Waals surface area (Å²) in [6.45, 7) is 1.89. The van der Waals surface area contributed by atoms with Gasteiger partial charge in [-0.2, -0.15) is 0 Å². The Hall–Kier alpha value is -2.21. The largest absolute Gasteiger partial charge is 0.368 e. The molecule has 1 rings (SSSR count). The van der Waals surface area contributed by atoms with Gasteiger partial charge in [0.05, 0.1) is 6.61 Å². The van der Waals surface area contributed by atoms with Gasteiger partial charge in [0.25, 0.3) is 0 Å². The zero-order valence-corrected chi connectivity index (χ0v) is 12.7. The Balaban J connectivity index is 2.33. The fraction of sp³-hybridized carbons (Fsp3) is 0.438. The van der Waals surface area contributed by atoms with E-state index in [1.165, 1.54) is 0 Å². The molecule has 1 atom stereocenters. The number of rotatable bonds is 10. The second-order valence-corrected chi connectivity index (χ2v) is 4.93. The molecule has 0 spiro atoms. The first-order valence-corrected chi connectivity index (χ1v) is 7.25. The molecule has 0 aliphatic carbocycles. The van der Waals surface area contributed by atoms with Crippen molar-refractivity contribution in [2.75, 3.05) is 6.61 Å². The van der Waals surface area contributed by atoms with Gasteiger partial charge < -0.3 is 15.8 Å². The Kier molecular flexibility index (Phi) is 7.85. The van der Waals surface area contributed by atoms with Crippen molar-refractivity contribution in [3.8, 4) is 0 Å². The number of benzene rings is 1. The van der Waals surface area contributed by atoms with Gasteiger partial charge >= 0.3 is 0 Å². The summed E-state index contributed by atoms with van der Waals surface area (Å²) in [4.78, 5) is 34.3. The first kappa shape index (κ1) is 17.8. The highest BCUT2D eigenvalue weighted by molar-refractivity contribution is 5.87. The molecule has 1 aromatic rings. The molecule has 0 aliphatic rings. The predicted molar refractivity (Wildman–Crippen MR) is 81.8 cm³/mol. The summed E-state index contributed by atoms with van der Waals surface area (Å²) in [6, 6.07) is 8.59. The Morgan fingerprint density at radius 2 is 1.91 bits per heavy atom. The highest BCUT2D eigenvalue weighted by Gasteiger charge is 2.18. The fourth-order valence-corrected chi connectivity index (χ4v) is 1.84. The van der Waals surface area contributed by atoms with Crippen molar-refractivity contribution in [2.24, 2.45) is 5.73 Å². The maximum atomic E-state index is 11.7. The second kappa shape index (κ2) is 9.68. The van der Waals surface area contributed by atoms with Crippen LogP contribution in [0.25, 0.3) is 0 Å². The third-order valence-electron chi connectivity index (χ3n) is 3.13. The molecule has 120 valence electrons. The Bertz CT molecular complexity index is 502. The van der Waals surface area contributed by atoms with Crippen LogP contribution in [-0.2, 0) is 25.7 Å². The minimum atomic E-state index is -0.844. The number of hydrogen-bond acceptors (Lipinski definition) is 4. The van der Waals surface area contributed by atoms with Crippen LogP contribution in [0.4, 0.5) is 0 Å². The normalized spacial score (nSPS) is 11.7. The van der Waals surface area contributed by atoms with Crippen LogP contribution >= 0.6 is 0 Å². The lowest BCUT2D eigenvalue weighted by atomic mass is 10.1. The molecule has 3 N–H and O–H groups in total. The second-order valence-electron chi connectivity index (χ2n) is 4.93. The number of nitrogens with one attached hydrogen (secondary N) is 1. The lowest BCUT2D eigenvalue weighted by Crippen LogP contribution is -2.45. The number of carbonyl (C=O) groups excluding carboxylic acids is 3. The molecule has 0 aromatic heterocycles. The number of ketones is 1. The highest BCUT2D eigenvalue weighted by atomic mass is 16.5. The molecule has 0 heterocycles. The smallest absolute Gasteiger partial charge is 0.246 e.